The first-order valence-electron chi connectivity index (χ1n) is 5.81. The van der Waals surface area contributed by atoms with Gasteiger partial charge in [-0.05, 0) is 25.1 Å². The Morgan fingerprint density at radius 2 is 2.10 bits per heavy atom. The van der Waals surface area contributed by atoms with Crippen LogP contribution in [0.15, 0.2) is 22.2 Å². The second kappa shape index (κ2) is 8.03. The Kier molecular flexibility index (Phi) is 6.38. The molecule has 0 heterocycles. The molecule has 5 nitrogen and oxygen atoms in total. The van der Waals surface area contributed by atoms with E-state index in [1.165, 1.54) is 12.1 Å². The molecule has 0 saturated heterocycles. The maximum atomic E-state index is 13.9. The predicted molar refractivity (Wildman–Crippen MR) is 75.4 cm³/mol. The number of nitriles is 2. The van der Waals surface area contributed by atoms with Gasteiger partial charge in [0.1, 0.15) is 17.7 Å². The molecule has 0 saturated carbocycles. The number of esters is 1. The lowest BCUT2D eigenvalue weighted by Crippen LogP contribution is -2.15. The van der Waals surface area contributed by atoms with Crippen LogP contribution in [0.25, 0.3) is 6.08 Å². The molecule has 0 aliphatic heterocycles. The standard InChI is InChI=1S/C14H10BrFN2O3/c1-2-20-13(19)8-21-14-10(3-9(6-17)7-18)4-11(15)5-12(14)16/h3-5H,2,8H2,1H3. The Bertz CT molecular complexity index is 643. The zero-order valence-electron chi connectivity index (χ0n) is 11.0. The molecule has 0 fully saturated rings. The van der Waals surface area contributed by atoms with Crippen LogP contribution in [-0.4, -0.2) is 19.2 Å². The van der Waals surface area contributed by atoms with E-state index in [1.807, 2.05) is 0 Å². The van der Waals surface area contributed by atoms with Gasteiger partial charge in [0.2, 0.25) is 0 Å². The van der Waals surface area contributed by atoms with E-state index < -0.39 is 18.4 Å². The summed E-state index contributed by atoms with van der Waals surface area (Å²) in [6.45, 7) is 1.35. The molecule has 0 N–H and O–H groups in total. The number of carbonyl (C=O) groups excluding carboxylic acids is 1. The van der Waals surface area contributed by atoms with Crippen molar-refractivity contribution in [3.63, 3.8) is 0 Å². The highest BCUT2D eigenvalue weighted by atomic mass is 79.9. The van der Waals surface area contributed by atoms with Gasteiger partial charge in [-0.2, -0.15) is 10.5 Å². The second-order valence-electron chi connectivity index (χ2n) is 3.68. The van der Waals surface area contributed by atoms with Crippen LogP contribution in [0.1, 0.15) is 12.5 Å². The smallest absolute Gasteiger partial charge is 0.344 e. The van der Waals surface area contributed by atoms with Crippen LogP contribution in [0.2, 0.25) is 0 Å². The third-order valence-electron chi connectivity index (χ3n) is 2.22. The third-order valence-corrected chi connectivity index (χ3v) is 2.68. The number of allylic oxidation sites excluding steroid dienone is 1. The van der Waals surface area contributed by atoms with Crippen molar-refractivity contribution in [1.29, 1.82) is 10.5 Å². The second-order valence-corrected chi connectivity index (χ2v) is 4.60. The fourth-order valence-electron chi connectivity index (χ4n) is 1.42. The molecule has 0 bridgehead atoms. The molecular weight excluding hydrogens is 343 g/mol. The Labute approximate surface area is 129 Å². The summed E-state index contributed by atoms with van der Waals surface area (Å²) >= 11 is 3.10. The minimum absolute atomic E-state index is 0.171. The van der Waals surface area contributed by atoms with E-state index in [1.54, 1.807) is 19.1 Å². The Hall–Kier alpha value is -2.38. The molecule has 1 aromatic rings. The van der Waals surface area contributed by atoms with E-state index in [0.29, 0.717) is 4.47 Å². The van der Waals surface area contributed by atoms with Crippen molar-refractivity contribution in [2.45, 2.75) is 6.92 Å². The molecule has 7 heteroatoms. The lowest BCUT2D eigenvalue weighted by molar-refractivity contribution is -0.145. The van der Waals surface area contributed by atoms with Crippen LogP contribution in [0, 0.1) is 28.5 Å². The van der Waals surface area contributed by atoms with Crippen molar-refractivity contribution in [1.82, 2.24) is 0 Å². The van der Waals surface area contributed by atoms with Crippen LogP contribution in [-0.2, 0) is 9.53 Å². The molecule has 108 valence electrons. The van der Waals surface area contributed by atoms with Crippen LogP contribution in [0.4, 0.5) is 4.39 Å². The molecular formula is C14H10BrFN2O3. The Morgan fingerprint density at radius 3 is 2.67 bits per heavy atom. The predicted octanol–water partition coefficient (Wildman–Crippen LogP) is 2.96. The first kappa shape index (κ1) is 16.7. The molecule has 0 spiro atoms. The first-order valence-corrected chi connectivity index (χ1v) is 6.60. The molecule has 0 atom stereocenters. The molecule has 0 aromatic heterocycles. The van der Waals surface area contributed by atoms with Gasteiger partial charge in [-0.3, -0.25) is 0 Å². The van der Waals surface area contributed by atoms with Crippen molar-refractivity contribution in [2.75, 3.05) is 13.2 Å². The van der Waals surface area contributed by atoms with E-state index in [-0.39, 0.29) is 23.5 Å². The maximum absolute atomic E-state index is 13.9. The van der Waals surface area contributed by atoms with Gasteiger partial charge in [-0.15, -0.1) is 0 Å². The van der Waals surface area contributed by atoms with Gasteiger partial charge in [0.05, 0.1) is 6.61 Å². The van der Waals surface area contributed by atoms with E-state index >= 15 is 0 Å². The van der Waals surface area contributed by atoms with Gasteiger partial charge >= 0.3 is 5.97 Å². The molecule has 0 unspecified atom stereocenters. The fourth-order valence-corrected chi connectivity index (χ4v) is 1.87. The quantitative estimate of drug-likeness (QED) is 0.600. The van der Waals surface area contributed by atoms with Crippen LogP contribution < -0.4 is 4.74 Å². The molecule has 0 aliphatic carbocycles. The van der Waals surface area contributed by atoms with E-state index in [0.717, 1.165) is 6.07 Å². The highest BCUT2D eigenvalue weighted by molar-refractivity contribution is 9.10. The molecule has 1 rings (SSSR count). The molecule has 0 amide bonds. The number of hydrogen-bond acceptors (Lipinski definition) is 5. The molecule has 21 heavy (non-hydrogen) atoms. The number of nitrogens with zero attached hydrogens (tertiary/aromatic N) is 2. The fraction of sp³-hybridized carbons (Fsp3) is 0.214. The van der Waals surface area contributed by atoms with E-state index in [9.17, 15) is 9.18 Å². The van der Waals surface area contributed by atoms with E-state index in [4.69, 9.17) is 15.3 Å². The van der Waals surface area contributed by atoms with E-state index in [2.05, 4.69) is 20.7 Å². The van der Waals surface area contributed by atoms with Crippen LogP contribution in [0.3, 0.4) is 0 Å². The monoisotopic (exact) mass is 352 g/mol. The van der Waals surface area contributed by atoms with Crippen molar-refractivity contribution in [3.8, 4) is 17.9 Å². The average molecular weight is 353 g/mol. The number of rotatable bonds is 5. The summed E-state index contributed by atoms with van der Waals surface area (Å²) in [5.41, 5.74) is -0.0437. The van der Waals surface area contributed by atoms with Crippen molar-refractivity contribution >= 4 is 28.0 Å². The SMILES string of the molecule is CCOC(=O)COc1c(F)cc(Br)cc1C=C(C#N)C#N. The van der Waals surface area contributed by atoms with Gasteiger partial charge in [0, 0.05) is 10.0 Å². The Morgan fingerprint density at radius 1 is 1.43 bits per heavy atom. The zero-order chi connectivity index (χ0) is 15.8. The summed E-state index contributed by atoms with van der Waals surface area (Å²) in [7, 11) is 0. The summed E-state index contributed by atoms with van der Waals surface area (Å²) in [5.74, 6) is -1.60. The van der Waals surface area contributed by atoms with Crippen molar-refractivity contribution in [3.05, 3.63) is 33.6 Å². The number of hydrogen-bond donors (Lipinski definition) is 0. The summed E-state index contributed by atoms with van der Waals surface area (Å²) in [6.07, 6.45) is 1.17. The number of halogens is 2. The van der Waals surface area contributed by atoms with Gasteiger partial charge in [0.15, 0.2) is 18.2 Å². The lowest BCUT2D eigenvalue weighted by atomic mass is 10.1. The number of benzene rings is 1. The highest BCUT2D eigenvalue weighted by Gasteiger charge is 2.13. The summed E-state index contributed by atoms with van der Waals surface area (Å²) in [6, 6.07) is 5.95. The topological polar surface area (TPSA) is 83.1 Å². The molecule has 0 aliphatic rings. The number of ether oxygens (including phenoxy) is 2. The maximum Gasteiger partial charge on any atom is 0.344 e. The van der Waals surface area contributed by atoms with Gasteiger partial charge in [0.25, 0.3) is 0 Å². The van der Waals surface area contributed by atoms with Crippen LogP contribution in [0.5, 0.6) is 5.75 Å². The highest BCUT2D eigenvalue weighted by Crippen LogP contribution is 2.29. The average Bonchev–Trinajstić information content (AvgIpc) is 2.43. The van der Waals surface area contributed by atoms with Gasteiger partial charge in [-0.1, -0.05) is 15.9 Å². The van der Waals surface area contributed by atoms with Crippen LogP contribution >= 0.6 is 15.9 Å². The van der Waals surface area contributed by atoms with Gasteiger partial charge in [-0.25, -0.2) is 9.18 Å². The summed E-state index contributed by atoms with van der Waals surface area (Å²) < 4.78 is 24.1. The molecule has 0 radical (unpaired) electrons. The first-order chi connectivity index (χ1) is 10.0. The van der Waals surface area contributed by atoms with Crippen molar-refractivity contribution in [2.24, 2.45) is 0 Å². The summed E-state index contributed by atoms with van der Waals surface area (Å²) in [5, 5.41) is 17.5. The van der Waals surface area contributed by atoms with Crippen molar-refractivity contribution < 1.29 is 18.7 Å². The Balaban J connectivity index is 3.13. The normalized spacial score (nSPS) is 9.19. The van der Waals surface area contributed by atoms with Gasteiger partial charge < -0.3 is 9.47 Å². The third kappa shape index (κ3) is 4.90. The lowest BCUT2D eigenvalue weighted by Gasteiger charge is -2.10. The molecule has 1 aromatic carbocycles. The zero-order valence-corrected chi connectivity index (χ0v) is 12.6. The largest absolute Gasteiger partial charge is 0.478 e. The minimum Gasteiger partial charge on any atom is -0.478 e. The minimum atomic E-state index is -0.727. The number of carbonyl (C=O) groups is 1. The summed E-state index contributed by atoms with van der Waals surface area (Å²) in [4.78, 5) is 11.2.